The first-order chi connectivity index (χ1) is 15.6. The van der Waals surface area contributed by atoms with Crippen molar-refractivity contribution >= 4 is 22.6 Å². The summed E-state index contributed by atoms with van der Waals surface area (Å²) in [4.78, 5) is 24.1. The third kappa shape index (κ3) is 4.98. The van der Waals surface area contributed by atoms with Crippen LogP contribution in [0.3, 0.4) is 0 Å². The molecule has 2 aromatic carbocycles. The largest absolute Gasteiger partial charge is 0.393 e. The van der Waals surface area contributed by atoms with Gasteiger partial charge in [0.1, 0.15) is 25.2 Å². The zero-order valence-electron chi connectivity index (χ0n) is 17.5. The number of nitro groups is 1. The minimum Gasteiger partial charge on any atom is -0.393 e. The summed E-state index contributed by atoms with van der Waals surface area (Å²) in [5, 5.41) is 15.1. The van der Waals surface area contributed by atoms with Gasteiger partial charge in [-0.3, -0.25) is 4.57 Å². The van der Waals surface area contributed by atoms with Gasteiger partial charge in [-0.15, -0.1) is 0 Å². The second-order valence-corrected chi connectivity index (χ2v) is 7.01. The molecule has 0 fully saturated rings. The molecule has 164 valence electrons. The van der Waals surface area contributed by atoms with E-state index in [1.165, 1.54) is 6.20 Å². The third-order valence-electron chi connectivity index (χ3n) is 4.83. The molecule has 0 unspecified atom stereocenters. The van der Waals surface area contributed by atoms with Crippen LogP contribution < -0.4 is 0 Å². The molecule has 2 aromatic heterocycles. The van der Waals surface area contributed by atoms with Gasteiger partial charge in [-0.25, -0.2) is 4.98 Å². The van der Waals surface area contributed by atoms with Gasteiger partial charge in [-0.05, 0) is 22.0 Å². The Hall–Kier alpha value is -4.05. The van der Waals surface area contributed by atoms with Crippen LogP contribution in [0, 0.1) is 17.0 Å². The number of para-hydroxylation sites is 2. The van der Waals surface area contributed by atoms with E-state index in [1.807, 2.05) is 59.2 Å². The Balaban J connectivity index is 1.37. The first-order valence-electron chi connectivity index (χ1n) is 10.0. The topological polar surface area (TPSA) is 110 Å². The number of aromatic nitrogens is 4. The summed E-state index contributed by atoms with van der Waals surface area (Å²) >= 11 is 0. The number of benzene rings is 2. The molecule has 0 bridgehead atoms. The monoisotopic (exact) mass is 434 g/mol. The molecule has 0 spiro atoms. The van der Waals surface area contributed by atoms with Crippen LogP contribution in [-0.4, -0.2) is 43.0 Å². The van der Waals surface area contributed by atoms with Gasteiger partial charge >= 0.3 is 5.82 Å². The zero-order chi connectivity index (χ0) is 22.3. The highest BCUT2D eigenvalue weighted by Gasteiger charge is 2.14. The number of hydrogen-bond donors (Lipinski definition) is 0. The third-order valence-corrected chi connectivity index (χ3v) is 4.83. The van der Waals surface area contributed by atoms with Crippen LogP contribution in [0.1, 0.15) is 11.4 Å². The number of oxime groups is 1. The average molecular weight is 434 g/mol. The lowest BCUT2D eigenvalue weighted by molar-refractivity contribution is -0.389. The SMILES string of the molecule is Cc1nc([N+](=O)[O-])cn1COCCO/N=C(/Cn1cnc2ccccc21)c1ccccc1. The van der Waals surface area contributed by atoms with Crippen LogP contribution in [0.2, 0.25) is 0 Å². The molecule has 0 aliphatic rings. The van der Waals surface area contributed by atoms with E-state index in [4.69, 9.17) is 9.57 Å². The van der Waals surface area contributed by atoms with E-state index >= 15 is 0 Å². The smallest absolute Gasteiger partial charge is 0.381 e. The van der Waals surface area contributed by atoms with Gasteiger partial charge in [0.15, 0.2) is 0 Å². The highest BCUT2D eigenvalue weighted by atomic mass is 16.6. The minimum atomic E-state index is -0.532. The maximum absolute atomic E-state index is 10.8. The number of fused-ring (bicyclic) bond motifs is 1. The van der Waals surface area contributed by atoms with Crippen LogP contribution in [0.4, 0.5) is 5.82 Å². The van der Waals surface area contributed by atoms with E-state index in [0.29, 0.717) is 12.4 Å². The predicted molar refractivity (Wildman–Crippen MR) is 118 cm³/mol. The molecule has 0 radical (unpaired) electrons. The molecule has 10 heteroatoms. The van der Waals surface area contributed by atoms with Gasteiger partial charge in [0.25, 0.3) is 0 Å². The highest BCUT2D eigenvalue weighted by Crippen LogP contribution is 2.14. The lowest BCUT2D eigenvalue weighted by Crippen LogP contribution is -2.13. The zero-order valence-corrected chi connectivity index (χ0v) is 17.5. The lowest BCUT2D eigenvalue weighted by Gasteiger charge is -2.09. The maximum Gasteiger partial charge on any atom is 0.381 e. The van der Waals surface area contributed by atoms with Crippen LogP contribution in [0.15, 0.2) is 72.3 Å². The Morgan fingerprint density at radius 1 is 1.09 bits per heavy atom. The number of nitrogens with zero attached hydrogens (tertiary/aromatic N) is 6. The molecule has 0 atom stereocenters. The van der Waals surface area contributed by atoms with E-state index in [9.17, 15) is 10.1 Å². The van der Waals surface area contributed by atoms with Crippen molar-refractivity contribution < 1.29 is 14.5 Å². The fourth-order valence-corrected chi connectivity index (χ4v) is 3.19. The minimum absolute atomic E-state index is 0.145. The van der Waals surface area contributed by atoms with Gasteiger partial charge in [0.2, 0.25) is 5.82 Å². The Morgan fingerprint density at radius 2 is 1.88 bits per heavy atom. The van der Waals surface area contributed by atoms with Crippen molar-refractivity contribution in [3.63, 3.8) is 0 Å². The van der Waals surface area contributed by atoms with Crippen LogP contribution >= 0.6 is 0 Å². The average Bonchev–Trinajstić information content (AvgIpc) is 3.39. The summed E-state index contributed by atoms with van der Waals surface area (Å²) in [5.41, 5.74) is 3.65. The number of imidazole rings is 2. The Labute approximate surface area is 183 Å². The summed E-state index contributed by atoms with van der Waals surface area (Å²) in [6.45, 7) is 2.83. The van der Waals surface area contributed by atoms with E-state index in [2.05, 4.69) is 15.1 Å². The van der Waals surface area contributed by atoms with E-state index in [0.717, 1.165) is 22.3 Å². The second-order valence-electron chi connectivity index (χ2n) is 7.01. The van der Waals surface area contributed by atoms with Gasteiger partial charge in [-0.2, -0.15) is 0 Å². The number of rotatable bonds is 10. The van der Waals surface area contributed by atoms with Crippen LogP contribution in [-0.2, 0) is 22.9 Å². The summed E-state index contributed by atoms with van der Waals surface area (Å²) in [7, 11) is 0. The molecule has 0 aliphatic heterocycles. The van der Waals surface area contributed by atoms with Crippen molar-refractivity contribution in [2.75, 3.05) is 13.2 Å². The molecular weight excluding hydrogens is 412 g/mol. The van der Waals surface area contributed by atoms with Crippen molar-refractivity contribution in [1.82, 2.24) is 19.1 Å². The standard InChI is InChI=1S/C22H22N6O4/c1-17-24-22(28(29)30)14-27(17)16-31-11-12-32-25-20(18-7-3-2-4-8-18)13-26-15-23-19-9-5-6-10-21(19)26/h2-10,14-15H,11-13,16H2,1H3/b25-20-. The van der Waals surface area contributed by atoms with Crippen molar-refractivity contribution in [3.8, 4) is 0 Å². The second kappa shape index (κ2) is 9.84. The lowest BCUT2D eigenvalue weighted by atomic mass is 10.1. The molecule has 32 heavy (non-hydrogen) atoms. The molecular formula is C22H22N6O4. The van der Waals surface area contributed by atoms with Crippen molar-refractivity contribution in [2.24, 2.45) is 5.16 Å². The van der Waals surface area contributed by atoms with Gasteiger partial charge in [-0.1, -0.05) is 47.6 Å². The first-order valence-corrected chi connectivity index (χ1v) is 10.0. The Morgan fingerprint density at radius 3 is 2.66 bits per heavy atom. The quantitative estimate of drug-likeness (QED) is 0.163. The summed E-state index contributed by atoms with van der Waals surface area (Å²) in [6, 6.07) is 17.7. The van der Waals surface area contributed by atoms with Crippen molar-refractivity contribution in [3.05, 3.63) is 88.6 Å². The molecule has 2 heterocycles. The van der Waals surface area contributed by atoms with Crippen molar-refractivity contribution in [1.29, 1.82) is 0 Å². The van der Waals surface area contributed by atoms with E-state index < -0.39 is 4.92 Å². The van der Waals surface area contributed by atoms with Crippen molar-refractivity contribution in [2.45, 2.75) is 20.2 Å². The fraction of sp³-hybridized carbons (Fsp3) is 0.227. The fourth-order valence-electron chi connectivity index (χ4n) is 3.19. The number of hydrogen-bond acceptors (Lipinski definition) is 7. The molecule has 0 saturated carbocycles. The number of aryl methyl sites for hydroxylation is 1. The van der Waals surface area contributed by atoms with Crippen LogP contribution in [0.25, 0.3) is 11.0 Å². The van der Waals surface area contributed by atoms with Gasteiger partial charge in [0.05, 0.1) is 30.5 Å². The molecule has 4 rings (SSSR count). The molecule has 10 nitrogen and oxygen atoms in total. The first kappa shape index (κ1) is 21.2. The van der Waals surface area contributed by atoms with Crippen LogP contribution in [0.5, 0.6) is 0 Å². The normalized spacial score (nSPS) is 11.7. The molecule has 0 amide bonds. The van der Waals surface area contributed by atoms with Gasteiger partial charge < -0.3 is 24.3 Å². The predicted octanol–water partition coefficient (Wildman–Crippen LogP) is 3.54. The van der Waals surface area contributed by atoms with E-state index in [1.54, 1.807) is 17.8 Å². The Kier molecular flexibility index (Phi) is 6.52. The molecule has 0 N–H and O–H groups in total. The highest BCUT2D eigenvalue weighted by molar-refractivity contribution is 6.00. The maximum atomic E-state index is 10.8. The van der Waals surface area contributed by atoms with E-state index in [-0.39, 0.29) is 25.8 Å². The number of ether oxygens (including phenoxy) is 1. The van der Waals surface area contributed by atoms with Gasteiger partial charge in [0, 0.05) is 12.5 Å². The molecule has 0 saturated heterocycles. The Bertz CT molecular complexity index is 1230. The molecule has 4 aromatic rings. The molecule has 0 aliphatic carbocycles. The summed E-state index contributed by atoms with van der Waals surface area (Å²) in [5.74, 6) is 0.307. The summed E-state index contributed by atoms with van der Waals surface area (Å²) in [6.07, 6.45) is 3.14. The summed E-state index contributed by atoms with van der Waals surface area (Å²) < 4.78 is 9.13.